The van der Waals surface area contributed by atoms with E-state index >= 15 is 0 Å². The number of hydrogen-bond acceptors (Lipinski definition) is 1. The lowest BCUT2D eigenvalue weighted by atomic mass is 9.85. The fourth-order valence-corrected chi connectivity index (χ4v) is 5.77. The van der Waals surface area contributed by atoms with Gasteiger partial charge < -0.3 is 4.74 Å². The topological polar surface area (TPSA) is 21.9 Å². The largest absolute Gasteiger partial charge is 0.455 e. The van der Waals surface area contributed by atoms with Crippen LogP contribution in [0.25, 0.3) is 28.1 Å². The lowest BCUT2D eigenvalue weighted by Crippen LogP contribution is -2.73. The van der Waals surface area contributed by atoms with Crippen LogP contribution in [-0.4, -0.2) is 4.68 Å². The second-order valence-electron chi connectivity index (χ2n) is 8.32. The van der Waals surface area contributed by atoms with Crippen molar-refractivity contribution in [2.24, 2.45) is 0 Å². The van der Waals surface area contributed by atoms with Crippen molar-refractivity contribution in [2.75, 3.05) is 0 Å². The number of nitrogens with zero attached hydrogens (tertiary/aromatic N) is 3. The van der Waals surface area contributed by atoms with Crippen LogP contribution in [0, 0.1) is 0 Å². The van der Waals surface area contributed by atoms with Crippen molar-refractivity contribution >= 4 is 0 Å². The second-order valence-corrected chi connectivity index (χ2v) is 8.32. The Bertz CT molecular complexity index is 1570. The van der Waals surface area contributed by atoms with Crippen LogP contribution in [0.3, 0.4) is 0 Å². The molecule has 1 spiro atoms. The molecule has 0 saturated carbocycles. The highest BCUT2D eigenvalue weighted by atomic mass is 16.5. The number of benzene rings is 3. The van der Waals surface area contributed by atoms with Gasteiger partial charge in [0.1, 0.15) is 17.2 Å². The third kappa shape index (κ3) is 1.63. The molecule has 5 aromatic rings. The zero-order valence-electron chi connectivity index (χ0n) is 16.6. The van der Waals surface area contributed by atoms with E-state index in [0.717, 1.165) is 17.2 Å². The van der Waals surface area contributed by atoms with Crippen molar-refractivity contribution in [1.29, 1.82) is 0 Å². The normalized spacial score (nSPS) is 18.1. The van der Waals surface area contributed by atoms with Gasteiger partial charge in [0, 0.05) is 18.2 Å². The third-order valence-corrected chi connectivity index (χ3v) is 6.88. The highest BCUT2D eigenvalue weighted by Crippen LogP contribution is 2.56. The summed E-state index contributed by atoms with van der Waals surface area (Å²) in [6, 6.07) is 30.0. The van der Waals surface area contributed by atoms with Gasteiger partial charge in [-0.1, -0.05) is 36.4 Å². The molecule has 0 bridgehead atoms. The highest BCUT2D eigenvalue weighted by Gasteiger charge is 2.71. The standard InChI is InChI=1S/C27H17N3O/c1-2-8-18(9-3-1)19-16-20-21-10-4-5-13-28(21)27-25(20)24(17-19)31-23-12-6-11-22(26(23)27)29-14-7-15-30(27)29/h1-17H/q+2. The molecule has 0 radical (unpaired) electrons. The molecule has 3 aromatic carbocycles. The molecule has 144 valence electrons. The molecule has 3 aliphatic rings. The van der Waals surface area contributed by atoms with Gasteiger partial charge in [0.25, 0.3) is 0 Å². The van der Waals surface area contributed by atoms with Gasteiger partial charge in [-0.3, -0.25) is 0 Å². The first-order valence-electron chi connectivity index (χ1n) is 10.5. The molecule has 0 aliphatic carbocycles. The van der Waals surface area contributed by atoms with E-state index in [1.807, 2.05) is 0 Å². The van der Waals surface area contributed by atoms with Crippen LogP contribution in [0.15, 0.2) is 104 Å². The van der Waals surface area contributed by atoms with E-state index in [1.165, 1.54) is 33.5 Å². The van der Waals surface area contributed by atoms with E-state index in [0.29, 0.717) is 0 Å². The minimum Gasteiger partial charge on any atom is -0.455 e. The van der Waals surface area contributed by atoms with Crippen LogP contribution < -0.4 is 14.0 Å². The maximum atomic E-state index is 6.61. The van der Waals surface area contributed by atoms with E-state index < -0.39 is 5.66 Å². The second kappa shape index (κ2) is 5.10. The zero-order valence-corrected chi connectivity index (χ0v) is 16.6. The highest BCUT2D eigenvalue weighted by molar-refractivity contribution is 5.81. The molecule has 2 aromatic heterocycles. The summed E-state index contributed by atoms with van der Waals surface area (Å²) >= 11 is 0. The predicted octanol–water partition coefficient (Wildman–Crippen LogP) is 4.42. The fourth-order valence-electron chi connectivity index (χ4n) is 5.77. The average Bonchev–Trinajstić information content (AvgIpc) is 3.49. The number of ether oxygens (including phenoxy) is 1. The van der Waals surface area contributed by atoms with Gasteiger partial charge in [-0.2, -0.15) is 0 Å². The maximum Gasteiger partial charge on any atom is 0.447 e. The molecule has 3 aliphatic heterocycles. The maximum absolute atomic E-state index is 6.61. The molecule has 0 saturated heterocycles. The smallest absolute Gasteiger partial charge is 0.447 e. The Balaban J connectivity index is 1.58. The molecule has 4 nitrogen and oxygen atoms in total. The van der Waals surface area contributed by atoms with Gasteiger partial charge in [0.2, 0.25) is 11.9 Å². The number of hydrogen-bond donors (Lipinski definition) is 0. The lowest BCUT2D eigenvalue weighted by Gasteiger charge is -2.24. The molecular weight excluding hydrogens is 382 g/mol. The minimum atomic E-state index is -0.482. The fraction of sp³-hybridized carbons (Fsp3) is 0.0370. The molecule has 31 heavy (non-hydrogen) atoms. The summed E-state index contributed by atoms with van der Waals surface area (Å²) in [6.45, 7) is 0. The van der Waals surface area contributed by atoms with Gasteiger partial charge in [0.15, 0.2) is 17.3 Å². The average molecular weight is 399 g/mol. The van der Waals surface area contributed by atoms with Crippen LogP contribution in [0.2, 0.25) is 0 Å². The predicted molar refractivity (Wildman–Crippen MR) is 115 cm³/mol. The van der Waals surface area contributed by atoms with Gasteiger partial charge in [-0.25, -0.2) is 0 Å². The van der Waals surface area contributed by atoms with Crippen molar-refractivity contribution in [1.82, 2.24) is 4.68 Å². The molecule has 1 atom stereocenters. The monoisotopic (exact) mass is 399 g/mol. The molecule has 0 N–H and O–H groups in total. The number of aromatic nitrogens is 3. The first kappa shape index (κ1) is 15.6. The summed E-state index contributed by atoms with van der Waals surface area (Å²) in [7, 11) is 0. The molecule has 0 amide bonds. The Morgan fingerprint density at radius 2 is 1.61 bits per heavy atom. The van der Waals surface area contributed by atoms with E-state index in [2.05, 4.69) is 117 Å². The Hall–Kier alpha value is -4.18. The minimum absolute atomic E-state index is 0.482. The van der Waals surface area contributed by atoms with Gasteiger partial charge in [0.05, 0.1) is 11.8 Å². The first-order chi connectivity index (χ1) is 15.4. The zero-order chi connectivity index (χ0) is 20.2. The molecule has 1 unspecified atom stereocenters. The Labute approximate surface area is 178 Å². The molecule has 4 heteroatoms. The number of rotatable bonds is 1. The number of fused-ring (bicyclic) bond motifs is 4. The first-order valence-corrected chi connectivity index (χ1v) is 10.5. The summed E-state index contributed by atoms with van der Waals surface area (Å²) in [5, 5.41) is 0. The third-order valence-electron chi connectivity index (χ3n) is 6.88. The Kier molecular flexibility index (Phi) is 2.57. The van der Waals surface area contributed by atoms with Crippen LogP contribution in [0.1, 0.15) is 11.1 Å². The summed E-state index contributed by atoms with van der Waals surface area (Å²) in [5.74, 6) is 1.84. The van der Waals surface area contributed by atoms with Crippen LogP contribution in [0.4, 0.5) is 0 Å². The van der Waals surface area contributed by atoms with Crippen molar-refractivity contribution < 1.29 is 14.0 Å². The van der Waals surface area contributed by atoms with E-state index in [9.17, 15) is 0 Å². The van der Waals surface area contributed by atoms with Crippen molar-refractivity contribution in [3.63, 3.8) is 0 Å². The SMILES string of the molecule is c1ccc(-c2cc3c4c(c2)-c2cccc[n+]2C42c4c(cccc4-n4ccc[n+]42)O3)cc1. The van der Waals surface area contributed by atoms with Crippen LogP contribution >= 0.6 is 0 Å². The summed E-state index contributed by atoms with van der Waals surface area (Å²) < 4.78 is 13.6. The summed E-state index contributed by atoms with van der Waals surface area (Å²) in [5.41, 5.74) is 7.87. The van der Waals surface area contributed by atoms with Crippen LogP contribution in [0.5, 0.6) is 11.5 Å². The quantitative estimate of drug-likeness (QED) is 0.375. The lowest BCUT2D eigenvalue weighted by molar-refractivity contribution is -0.988. The summed E-state index contributed by atoms with van der Waals surface area (Å²) in [6.07, 6.45) is 6.49. The van der Waals surface area contributed by atoms with Gasteiger partial charge >= 0.3 is 5.66 Å². The molecular formula is C27H17N3O+2. The molecule has 8 rings (SSSR count). The van der Waals surface area contributed by atoms with E-state index in [-0.39, 0.29) is 0 Å². The van der Waals surface area contributed by atoms with Crippen molar-refractivity contribution in [3.05, 3.63) is 115 Å². The summed E-state index contributed by atoms with van der Waals surface area (Å²) in [4.78, 5) is 0. The van der Waals surface area contributed by atoms with Crippen LogP contribution in [-0.2, 0) is 5.66 Å². The van der Waals surface area contributed by atoms with Crippen molar-refractivity contribution in [2.45, 2.75) is 5.66 Å². The number of pyridine rings is 1. The van der Waals surface area contributed by atoms with E-state index in [1.54, 1.807) is 0 Å². The van der Waals surface area contributed by atoms with Gasteiger partial charge in [-0.05, 0) is 46.1 Å². The van der Waals surface area contributed by atoms with Crippen molar-refractivity contribution in [3.8, 4) is 39.6 Å². The Morgan fingerprint density at radius 1 is 0.710 bits per heavy atom. The molecule has 0 fully saturated rings. The Morgan fingerprint density at radius 3 is 2.55 bits per heavy atom. The van der Waals surface area contributed by atoms with E-state index in [4.69, 9.17) is 4.74 Å². The molecule has 5 heterocycles. The van der Waals surface area contributed by atoms with Gasteiger partial charge in [-0.15, -0.1) is 9.25 Å².